The van der Waals surface area contributed by atoms with E-state index in [2.05, 4.69) is 21.6 Å². The lowest BCUT2D eigenvalue weighted by Gasteiger charge is -2.12. The Morgan fingerprint density at radius 3 is 2.61 bits per heavy atom. The van der Waals surface area contributed by atoms with Crippen LogP contribution in [0.15, 0.2) is 78.0 Å². The number of hydrogen-bond acceptors (Lipinski definition) is 6. The second-order valence-electron chi connectivity index (χ2n) is 6.39. The Morgan fingerprint density at radius 1 is 0.964 bits per heavy atom. The van der Waals surface area contributed by atoms with Crippen molar-refractivity contribution < 1.29 is 9.84 Å². The fourth-order valence-corrected chi connectivity index (χ4v) is 3.61. The molecule has 0 bridgehead atoms. The highest BCUT2D eigenvalue weighted by Crippen LogP contribution is 2.21. The Hall–Kier alpha value is -2.90. The molecule has 7 heteroatoms. The molecule has 3 aromatic carbocycles. The van der Waals surface area contributed by atoms with Crippen LogP contribution in [0.25, 0.3) is 10.8 Å². The number of hydrogen-bond donors (Lipinski definition) is 1. The first-order valence-corrected chi connectivity index (χ1v) is 9.99. The van der Waals surface area contributed by atoms with Gasteiger partial charge in [-0.15, -0.1) is 5.10 Å². The number of aliphatic hydroxyl groups excluding tert-OH is 1. The minimum Gasteiger partial charge on any atom is -0.491 e. The van der Waals surface area contributed by atoms with Gasteiger partial charge in [0.2, 0.25) is 5.16 Å². The average Bonchev–Trinajstić information content (AvgIpc) is 3.18. The molecule has 1 atom stereocenters. The van der Waals surface area contributed by atoms with Crippen molar-refractivity contribution >= 4 is 22.5 Å². The highest BCUT2D eigenvalue weighted by molar-refractivity contribution is 7.99. The van der Waals surface area contributed by atoms with E-state index in [-0.39, 0.29) is 6.61 Å². The summed E-state index contributed by atoms with van der Waals surface area (Å²) >= 11 is 1.42. The first-order chi connectivity index (χ1) is 13.8. The minimum atomic E-state index is -0.627. The fourth-order valence-electron chi connectivity index (χ4n) is 2.82. The molecule has 6 nitrogen and oxygen atoms in total. The molecule has 1 unspecified atom stereocenters. The first-order valence-electron chi connectivity index (χ1n) is 9.00. The maximum Gasteiger partial charge on any atom is 0.209 e. The largest absolute Gasteiger partial charge is 0.491 e. The molecule has 0 spiro atoms. The van der Waals surface area contributed by atoms with Gasteiger partial charge in [0.1, 0.15) is 12.4 Å². The summed E-state index contributed by atoms with van der Waals surface area (Å²) in [4.78, 5) is 0. The van der Waals surface area contributed by atoms with E-state index in [0.717, 1.165) is 22.1 Å². The van der Waals surface area contributed by atoms with Crippen molar-refractivity contribution in [2.75, 3.05) is 12.4 Å². The highest BCUT2D eigenvalue weighted by atomic mass is 32.2. The molecule has 0 aliphatic carbocycles. The zero-order valence-electron chi connectivity index (χ0n) is 15.2. The molecule has 142 valence electrons. The molecule has 1 N–H and O–H groups in total. The van der Waals surface area contributed by atoms with Crippen LogP contribution in [0, 0.1) is 0 Å². The molecule has 0 radical (unpaired) electrons. The third-order valence-corrected chi connectivity index (χ3v) is 5.34. The zero-order valence-corrected chi connectivity index (χ0v) is 16.0. The quantitative estimate of drug-likeness (QED) is 0.463. The van der Waals surface area contributed by atoms with Crippen molar-refractivity contribution in [2.24, 2.45) is 0 Å². The molecular weight excluding hydrogens is 372 g/mol. The Morgan fingerprint density at radius 2 is 1.75 bits per heavy atom. The number of aromatic nitrogens is 4. The van der Waals surface area contributed by atoms with Crippen LogP contribution in [0.5, 0.6) is 5.75 Å². The van der Waals surface area contributed by atoms with Crippen LogP contribution in [0.3, 0.4) is 0 Å². The number of tetrazole rings is 1. The van der Waals surface area contributed by atoms with Gasteiger partial charge in [0.25, 0.3) is 0 Å². The third kappa shape index (κ3) is 4.68. The van der Waals surface area contributed by atoms with Gasteiger partial charge < -0.3 is 9.84 Å². The van der Waals surface area contributed by atoms with Gasteiger partial charge in [-0.25, -0.2) is 4.68 Å². The summed E-state index contributed by atoms with van der Waals surface area (Å²) in [5.74, 6) is 1.19. The van der Waals surface area contributed by atoms with Crippen molar-refractivity contribution in [2.45, 2.75) is 17.8 Å². The summed E-state index contributed by atoms with van der Waals surface area (Å²) in [6, 6.07) is 24.0. The molecule has 1 aromatic heterocycles. The number of rotatable bonds is 8. The molecule has 0 saturated carbocycles. The van der Waals surface area contributed by atoms with Crippen LogP contribution in [0.4, 0.5) is 0 Å². The van der Waals surface area contributed by atoms with E-state index < -0.39 is 6.10 Å². The summed E-state index contributed by atoms with van der Waals surface area (Å²) in [5.41, 5.74) is 1.12. The number of aliphatic hydroxyl groups is 1. The predicted octanol–water partition coefficient (Wildman–Crippen LogP) is 3.41. The summed E-state index contributed by atoms with van der Waals surface area (Å²) in [6.45, 7) is 0.811. The van der Waals surface area contributed by atoms with Gasteiger partial charge in [0.05, 0.1) is 12.6 Å². The normalized spacial score (nSPS) is 12.2. The van der Waals surface area contributed by atoms with Crippen molar-refractivity contribution in [3.63, 3.8) is 0 Å². The molecule has 0 aliphatic rings. The monoisotopic (exact) mass is 392 g/mol. The van der Waals surface area contributed by atoms with E-state index in [1.54, 1.807) is 4.68 Å². The van der Waals surface area contributed by atoms with E-state index in [9.17, 15) is 5.11 Å². The van der Waals surface area contributed by atoms with Gasteiger partial charge in [0, 0.05) is 5.75 Å². The zero-order chi connectivity index (χ0) is 19.2. The summed E-state index contributed by atoms with van der Waals surface area (Å²) < 4.78 is 7.48. The summed E-state index contributed by atoms with van der Waals surface area (Å²) in [5, 5.41) is 25.1. The minimum absolute atomic E-state index is 0.214. The number of benzene rings is 3. The lowest BCUT2D eigenvalue weighted by molar-refractivity contribution is 0.126. The van der Waals surface area contributed by atoms with Gasteiger partial charge >= 0.3 is 0 Å². The second-order valence-corrected chi connectivity index (χ2v) is 7.38. The SMILES string of the molecule is OC(COc1ccc2ccccc2c1)CSc1nnnn1Cc1ccccc1. The van der Waals surface area contributed by atoms with Gasteiger partial charge in [-0.1, -0.05) is 72.4 Å². The molecule has 4 aromatic rings. The van der Waals surface area contributed by atoms with E-state index in [4.69, 9.17) is 4.74 Å². The second kappa shape index (κ2) is 8.86. The number of thioether (sulfide) groups is 1. The van der Waals surface area contributed by atoms with Crippen molar-refractivity contribution in [3.8, 4) is 5.75 Å². The first kappa shape index (κ1) is 18.5. The van der Waals surface area contributed by atoms with Crippen molar-refractivity contribution in [3.05, 3.63) is 78.4 Å². The van der Waals surface area contributed by atoms with Crippen molar-refractivity contribution in [1.82, 2.24) is 20.2 Å². The molecule has 0 aliphatic heterocycles. The molecule has 0 fully saturated rings. The van der Waals surface area contributed by atoms with Crippen LogP contribution in [-0.4, -0.2) is 43.8 Å². The lowest BCUT2D eigenvalue weighted by atomic mass is 10.1. The van der Waals surface area contributed by atoms with Crippen LogP contribution < -0.4 is 4.74 Å². The third-order valence-electron chi connectivity index (χ3n) is 4.24. The van der Waals surface area contributed by atoms with E-state index >= 15 is 0 Å². The van der Waals surface area contributed by atoms with Crippen molar-refractivity contribution in [1.29, 1.82) is 0 Å². The number of fused-ring (bicyclic) bond motifs is 1. The van der Waals surface area contributed by atoms with E-state index in [1.807, 2.05) is 66.7 Å². The Balaban J connectivity index is 1.30. The smallest absolute Gasteiger partial charge is 0.209 e. The Bertz CT molecular complexity index is 1040. The number of nitrogens with zero attached hydrogens (tertiary/aromatic N) is 4. The molecule has 0 saturated heterocycles. The summed E-state index contributed by atoms with van der Waals surface area (Å²) in [6.07, 6.45) is -0.627. The van der Waals surface area contributed by atoms with Crippen LogP contribution in [0.2, 0.25) is 0 Å². The predicted molar refractivity (Wildman–Crippen MR) is 110 cm³/mol. The molecule has 0 amide bonds. The van der Waals surface area contributed by atoms with E-state index in [1.165, 1.54) is 11.8 Å². The Kier molecular flexibility index (Phi) is 5.84. The van der Waals surface area contributed by atoms with Gasteiger partial charge in [-0.2, -0.15) is 0 Å². The van der Waals surface area contributed by atoms with Gasteiger partial charge in [-0.05, 0) is 38.9 Å². The topological polar surface area (TPSA) is 73.1 Å². The molecule has 1 heterocycles. The maximum atomic E-state index is 10.3. The highest BCUT2D eigenvalue weighted by Gasteiger charge is 2.12. The lowest BCUT2D eigenvalue weighted by Crippen LogP contribution is -2.20. The van der Waals surface area contributed by atoms with Crippen LogP contribution in [-0.2, 0) is 6.54 Å². The fraction of sp³-hybridized carbons (Fsp3) is 0.190. The Labute approximate surface area is 167 Å². The van der Waals surface area contributed by atoms with Crippen LogP contribution >= 0.6 is 11.8 Å². The number of ether oxygens (including phenoxy) is 1. The van der Waals surface area contributed by atoms with Gasteiger partial charge in [-0.3, -0.25) is 0 Å². The molecule has 4 rings (SSSR count). The van der Waals surface area contributed by atoms with E-state index in [0.29, 0.717) is 17.5 Å². The van der Waals surface area contributed by atoms with Crippen LogP contribution in [0.1, 0.15) is 5.56 Å². The average molecular weight is 392 g/mol. The molecule has 28 heavy (non-hydrogen) atoms. The van der Waals surface area contributed by atoms with Gasteiger partial charge in [0.15, 0.2) is 0 Å². The summed E-state index contributed by atoms with van der Waals surface area (Å²) in [7, 11) is 0. The maximum absolute atomic E-state index is 10.3. The standard InChI is InChI=1S/C21H20N4O2S/c26-19(14-27-20-11-10-17-8-4-5-9-18(17)12-20)15-28-21-22-23-24-25(21)13-16-6-2-1-3-7-16/h1-12,19,26H,13-15H2. The molecular formula is C21H20N4O2S.